The lowest BCUT2D eigenvalue weighted by molar-refractivity contribution is 0.101. The number of carbonyl (C=O) groups excluding carboxylic acids is 1. The molecule has 72 valence electrons. The molecule has 0 amide bonds. The van der Waals surface area contributed by atoms with E-state index in [1.165, 1.54) is 26.2 Å². The summed E-state index contributed by atoms with van der Waals surface area (Å²) in [6, 6.07) is 4.87. The molecule has 1 aromatic rings. The SMILES string of the molecule is COc1cc(Cl)cc(C#N)c1C(C)=O. The van der Waals surface area contributed by atoms with Crippen LogP contribution in [0, 0.1) is 11.3 Å². The van der Waals surface area contributed by atoms with Gasteiger partial charge in [0.05, 0.1) is 18.2 Å². The van der Waals surface area contributed by atoms with Crippen molar-refractivity contribution in [2.45, 2.75) is 6.92 Å². The van der Waals surface area contributed by atoms with Crippen LogP contribution < -0.4 is 4.74 Å². The van der Waals surface area contributed by atoms with E-state index in [2.05, 4.69) is 0 Å². The van der Waals surface area contributed by atoms with E-state index in [4.69, 9.17) is 21.6 Å². The predicted molar refractivity (Wildman–Crippen MR) is 52.7 cm³/mol. The van der Waals surface area contributed by atoms with E-state index in [-0.39, 0.29) is 16.9 Å². The van der Waals surface area contributed by atoms with Crippen molar-refractivity contribution in [3.05, 3.63) is 28.3 Å². The Balaban J connectivity index is 3.50. The molecular weight excluding hydrogens is 202 g/mol. The van der Waals surface area contributed by atoms with Gasteiger partial charge in [0.25, 0.3) is 0 Å². The van der Waals surface area contributed by atoms with Crippen molar-refractivity contribution in [3.8, 4) is 11.8 Å². The van der Waals surface area contributed by atoms with E-state index in [1.807, 2.05) is 6.07 Å². The van der Waals surface area contributed by atoms with Gasteiger partial charge in [-0.3, -0.25) is 4.79 Å². The average Bonchev–Trinajstić information content (AvgIpc) is 2.15. The summed E-state index contributed by atoms with van der Waals surface area (Å²) in [5.41, 5.74) is 0.515. The zero-order valence-electron chi connectivity index (χ0n) is 7.80. The van der Waals surface area contributed by atoms with Crippen LogP contribution in [0.5, 0.6) is 5.75 Å². The van der Waals surface area contributed by atoms with Gasteiger partial charge in [-0.15, -0.1) is 0 Å². The van der Waals surface area contributed by atoms with Gasteiger partial charge in [0.1, 0.15) is 11.8 Å². The van der Waals surface area contributed by atoms with Gasteiger partial charge in [0.15, 0.2) is 5.78 Å². The molecule has 0 unspecified atom stereocenters. The summed E-state index contributed by atoms with van der Waals surface area (Å²) in [6.45, 7) is 1.38. The van der Waals surface area contributed by atoms with E-state index in [0.717, 1.165) is 0 Å². The minimum Gasteiger partial charge on any atom is -0.496 e. The van der Waals surface area contributed by atoms with Crippen molar-refractivity contribution in [1.82, 2.24) is 0 Å². The van der Waals surface area contributed by atoms with E-state index in [0.29, 0.717) is 10.8 Å². The third-order valence-corrected chi connectivity index (χ3v) is 1.98. The van der Waals surface area contributed by atoms with E-state index in [9.17, 15) is 4.79 Å². The first-order valence-corrected chi connectivity index (χ1v) is 4.26. The fraction of sp³-hybridized carbons (Fsp3) is 0.200. The van der Waals surface area contributed by atoms with Crippen LogP contribution in [0.1, 0.15) is 22.8 Å². The number of ketones is 1. The van der Waals surface area contributed by atoms with Crippen LogP contribution in [0.15, 0.2) is 12.1 Å². The molecule has 0 radical (unpaired) electrons. The van der Waals surface area contributed by atoms with Crippen LogP contribution in [-0.2, 0) is 0 Å². The summed E-state index contributed by atoms with van der Waals surface area (Å²) in [7, 11) is 1.43. The van der Waals surface area contributed by atoms with Gasteiger partial charge in [0.2, 0.25) is 0 Å². The average molecular weight is 210 g/mol. The first kappa shape index (κ1) is 10.6. The maximum Gasteiger partial charge on any atom is 0.164 e. The number of hydrogen-bond donors (Lipinski definition) is 0. The highest BCUT2D eigenvalue weighted by atomic mass is 35.5. The molecule has 0 atom stereocenters. The number of nitriles is 1. The fourth-order valence-electron chi connectivity index (χ4n) is 1.19. The van der Waals surface area contributed by atoms with Crippen molar-refractivity contribution in [2.75, 3.05) is 7.11 Å². The summed E-state index contributed by atoms with van der Waals surface area (Å²) in [5.74, 6) is 0.122. The second kappa shape index (κ2) is 4.12. The lowest BCUT2D eigenvalue weighted by Crippen LogP contribution is -2.01. The van der Waals surface area contributed by atoms with Crippen molar-refractivity contribution < 1.29 is 9.53 Å². The van der Waals surface area contributed by atoms with Gasteiger partial charge in [-0.2, -0.15) is 5.26 Å². The summed E-state index contributed by atoms with van der Waals surface area (Å²) >= 11 is 5.74. The molecule has 0 saturated heterocycles. The normalized spacial score (nSPS) is 9.29. The minimum atomic E-state index is -0.213. The number of methoxy groups -OCH3 is 1. The highest BCUT2D eigenvalue weighted by Gasteiger charge is 2.14. The molecule has 1 aromatic carbocycles. The van der Waals surface area contributed by atoms with Crippen molar-refractivity contribution in [3.63, 3.8) is 0 Å². The molecule has 1 rings (SSSR count). The Labute approximate surface area is 86.9 Å². The van der Waals surface area contributed by atoms with Gasteiger partial charge < -0.3 is 4.74 Å². The quantitative estimate of drug-likeness (QED) is 0.703. The molecule has 0 aromatic heterocycles. The zero-order valence-corrected chi connectivity index (χ0v) is 8.55. The Bertz CT molecular complexity index is 421. The molecule has 0 aliphatic heterocycles. The lowest BCUT2D eigenvalue weighted by Gasteiger charge is -2.07. The predicted octanol–water partition coefficient (Wildman–Crippen LogP) is 2.42. The van der Waals surface area contributed by atoms with Gasteiger partial charge >= 0.3 is 0 Å². The molecule has 0 aliphatic carbocycles. The smallest absolute Gasteiger partial charge is 0.164 e. The number of ether oxygens (including phenoxy) is 1. The van der Waals surface area contributed by atoms with Gasteiger partial charge in [-0.05, 0) is 19.1 Å². The van der Waals surface area contributed by atoms with Crippen LogP contribution in [0.2, 0.25) is 5.02 Å². The minimum absolute atomic E-state index is 0.213. The Hall–Kier alpha value is -1.53. The summed E-state index contributed by atoms with van der Waals surface area (Å²) in [6.07, 6.45) is 0. The number of benzene rings is 1. The molecule has 0 fully saturated rings. The lowest BCUT2D eigenvalue weighted by atomic mass is 10.0. The largest absolute Gasteiger partial charge is 0.496 e. The summed E-state index contributed by atoms with van der Waals surface area (Å²) < 4.78 is 4.97. The Morgan fingerprint density at radius 3 is 2.64 bits per heavy atom. The summed E-state index contributed by atoms with van der Waals surface area (Å²) in [4.78, 5) is 11.2. The van der Waals surface area contributed by atoms with Crippen molar-refractivity contribution >= 4 is 17.4 Å². The second-order valence-corrected chi connectivity index (χ2v) is 3.14. The van der Waals surface area contributed by atoms with Crippen LogP contribution in [0.3, 0.4) is 0 Å². The monoisotopic (exact) mass is 209 g/mol. The van der Waals surface area contributed by atoms with Crippen LogP contribution in [0.4, 0.5) is 0 Å². The number of Topliss-reactive ketones (excluding diaryl/α,β-unsaturated/α-hetero) is 1. The number of halogens is 1. The summed E-state index contributed by atoms with van der Waals surface area (Å²) in [5, 5.41) is 9.17. The van der Waals surface area contributed by atoms with E-state index < -0.39 is 0 Å². The molecule has 14 heavy (non-hydrogen) atoms. The topological polar surface area (TPSA) is 50.1 Å². The van der Waals surface area contributed by atoms with Crippen LogP contribution in [0.25, 0.3) is 0 Å². The molecular formula is C10H8ClNO2. The van der Waals surface area contributed by atoms with Gasteiger partial charge in [-0.25, -0.2) is 0 Å². The molecule has 4 heteroatoms. The maximum absolute atomic E-state index is 11.2. The molecule has 0 bridgehead atoms. The molecule has 0 saturated carbocycles. The number of nitrogens with zero attached hydrogens (tertiary/aromatic N) is 1. The molecule has 3 nitrogen and oxygen atoms in total. The number of carbonyl (C=O) groups is 1. The standard InChI is InChI=1S/C10H8ClNO2/c1-6(13)10-7(5-12)3-8(11)4-9(10)14-2/h3-4H,1-2H3. The third kappa shape index (κ3) is 1.86. The first-order chi connectivity index (χ1) is 6.60. The van der Waals surface area contributed by atoms with Crippen LogP contribution >= 0.6 is 11.6 Å². The van der Waals surface area contributed by atoms with Gasteiger partial charge in [-0.1, -0.05) is 11.6 Å². The third-order valence-electron chi connectivity index (χ3n) is 1.76. The highest BCUT2D eigenvalue weighted by Crippen LogP contribution is 2.27. The second-order valence-electron chi connectivity index (χ2n) is 2.70. The molecule has 0 aliphatic rings. The molecule has 0 heterocycles. The van der Waals surface area contributed by atoms with Crippen molar-refractivity contribution in [2.24, 2.45) is 0 Å². The Morgan fingerprint density at radius 2 is 2.21 bits per heavy atom. The Morgan fingerprint density at radius 1 is 1.57 bits per heavy atom. The van der Waals surface area contributed by atoms with Crippen LogP contribution in [-0.4, -0.2) is 12.9 Å². The first-order valence-electron chi connectivity index (χ1n) is 3.88. The molecule has 0 spiro atoms. The highest BCUT2D eigenvalue weighted by molar-refractivity contribution is 6.31. The molecule has 0 N–H and O–H groups in total. The zero-order chi connectivity index (χ0) is 10.7. The number of hydrogen-bond acceptors (Lipinski definition) is 3. The fourth-order valence-corrected chi connectivity index (χ4v) is 1.40. The van der Waals surface area contributed by atoms with Crippen molar-refractivity contribution in [1.29, 1.82) is 5.26 Å². The van der Waals surface area contributed by atoms with Gasteiger partial charge in [0, 0.05) is 5.02 Å². The Kier molecular flexibility index (Phi) is 3.10. The maximum atomic E-state index is 11.2. The van der Waals surface area contributed by atoms with E-state index in [1.54, 1.807) is 0 Å². The van der Waals surface area contributed by atoms with E-state index >= 15 is 0 Å². The number of rotatable bonds is 2.